The third-order valence-corrected chi connectivity index (χ3v) is 4.98. The van der Waals surface area contributed by atoms with Crippen molar-refractivity contribution in [3.05, 3.63) is 24.3 Å². The fourth-order valence-corrected chi connectivity index (χ4v) is 3.32. The molecule has 6 nitrogen and oxygen atoms in total. The first-order valence-electron chi connectivity index (χ1n) is 8.43. The van der Waals surface area contributed by atoms with Gasteiger partial charge >= 0.3 is 0 Å². The van der Waals surface area contributed by atoms with Gasteiger partial charge in [0.1, 0.15) is 18.4 Å². The number of hydrogen-bond donors (Lipinski definition) is 2. The standard InChI is InChI=1S/C18H22N4O2/c1-10(2)13-7-16-15(8-14(13)19-12-5-4-6-12)22-11(3)18(23)21-20-17(22)9-24-16/h7-8,11-12,19H,1,4-6,9H2,2-3H3,(H,21,23). The summed E-state index contributed by atoms with van der Waals surface area (Å²) in [5.41, 5.74) is 6.55. The van der Waals surface area contributed by atoms with E-state index in [0.717, 1.165) is 34.1 Å². The second-order valence-electron chi connectivity index (χ2n) is 6.76. The van der Waals surface area contributed by atoms with E-state index in [0.29, 0.717) is 12.6 Å². The van der Waals surface area contributed by atoms with Gasteiger partial charge in [0.05, 0.1) is 5.69 Å². The summed E-state index contributed by atoms with van der Waals surface area (Å²) in [7, 11) is 0. The van der Waals surface area contributed by atoms with Gasteiger partial charge in [-0.25, -0.2) is 5.43 Å². The summed E-state index contributed by atoms with van der Waals surface area (Å²) in [6, 6.07) is 4.30. The van der Waals surface area contributed by atoms with E-state index in [1.54, 1.807) is 0 Å². The molecule has 0 saturated heterocycles. The lowest BCUT2D eigenvalue weighted by Crippen LogP contribution is -2.55. The number of amidine groups is 1. The molecule has 0 aromatic heterocycles. The quantitative estimate of drug-likeness (QED) is 0.896. The highest BCUT2D eigenvalue weighted by molar-refractivity contribution is 6.09. The van der Waals surface area contributed by atoms with Crippen molar-refractivity contribution in [1.82, 2.24) is 5.43 Å². The van der Waals surface area contributed by atoms with Gasteiger partial charge in [-0.15, -0.1) is 0 Å². The number of carbonyl (C=O) groups is 1. The zero-order valence-corrected chi connectivity index (χ0v) is 14.1. The lowest BCUT2D eigenvalue weighted by Gasteiger charge is -2.39. The molecule has 1 fully saturated rings. The number of fused-ring (bicyclic) bond motifs is 3. The molecule has 1 atom stereocenters. The zero-order chi connectivity index (χ0) is 16.8. The molecule has 1 unspecified atom stereocenters. The number of anilines is 2. The van der Waals surface area contributed by atoms with Crippen molar-refractivity contribution in [2.75, 3.05) is 16.8 Å². The second-order valence-corrected chi connectivity index (χ2v) is 6.76. The molecular formula is C18H22N4O2. The molecule has 6 heteroatoms. The lowest BCUT2D eigenvalue weighted by molar-refractivity contribution is -0.122. The van der Waals surface area contributed by atoms with Gasteiger partial charge in [0.25, 0.3) is 5.91 Å². The Bertz CT molecular complexity index is 752. The van der Waals surface area contributed by atoms with E-state index >= 15 is 0 Å². The Morgan fingerprint density at radius 2 is 2.25 bits per heavy atom. The topological polar surface area (TPSA) is 66.0 Å². The Kier molecular flexibility index (Phi) is 3.48. The van der Waals surface area contributed by atoms with Gasteiger partial charge in [0, 0.05) is 17.3 Å². The normalized spacial score (nSPS) is 22.4. The molecule has 0 bridgehead atoms. The molecule has 1 aliphatic carbocycles. The second kappa shape index (κ2) is 5.54. The molecule has 1 saturated carbocycles. The van der Waals surface area contributed by atoms with Crippen molar-refractivity contribution in [3.63, 3.8) is 0 Å². The molecule has 1 aromatic carbocycles. The van der Waals surface area contributed by atoms with Gasteiger partial charge in [-0.05, 0) is 50.8 Å². The summed E-state index contributed by atoms with van der Waals surface area (Å²) in [6.45, 7) is 8.33. The fraction of sp³-hybridized carbons (Fsp3) is 0.444. The number of allylic oxidation sites excluding steroid dienone is 1. The third kappa shape index (κ3) is 2.33. The SMILES string of the molecule is C=C(C)c1cc2c(cc1NC1CCC1)N1C(=NNC(=O)C1C)CO2. The third-order valence-electron chi connectivity index (χ3n) is 4.98. The summed E-state index contributed by atoms with van der Waals surface area (Å²) in [5.74, 6) is 1.39. The number of hydrogen-bond acceptors (Lipinski definition) is 5. The summed E-state index contributed by atoms with van der Waals surface area (Å²) in [4.78, 5) is 14.0. The Morgan fingerprint density at radius 1 is 1.46 bits per heavy atom. The number of carbonyl (C=O) groups excluding carboxylic acids is 1. The summed E-state index contributed by atoms with van der Waals surface area (Å²) < 4.78 is 5.87. The van der Waals surface area contributed by atoms with Crippen molar-refractivity contribution < 1.29 is 9.53 Å². The maximum Gasteiger partial charge on any atom is 0.262 e. The van der Waals surface area contributed by atoms with Crippen molar-refractivity contribution in [2.45, 2.75) is 45.2 Å². The highest BCUT2D eigenvalue weighted by Gasteiger charge is 2.36. The summed E-state index contributed by atoms with van der Waals surface area (Å²) >= 11 is 0. The number of hydrazone groups is 1. The summed E-state index contributed by atoms with van der Waals surface area (Å²) in [6.07, 6.45) is 3.66. The number of benzene rings is 1. The zero-order valence-electron chi connectivity index (χ0n) is 14.1. The molecule has 2 heterocycles. The first-order chi connectivity index (χ1) is 11.5. The van der Waals surface area contributed by atoms with E-state index in [2.05, 4.69) is 28.5 Å². The van der Waals surface area contributed by atoms with E-state index in [4.69, 9.17) is 4.74 Å². The maximum atomic E-state index is 12.0. The van der Waals surface area contributed by atoms with Crippen LogP contribution in [-0.4, -0.2) is 30.4 Å². The molecule has 4 rings (SSSR count). The minimum atomic E-state index is -0.313. The Hall–Kier alpha value is -2.50. The molecule has 1 amide bonds. The Morgan fingerprint density at radius 3 is 2.92 bits per heavy atom. The Labute approximate surface area is 141 Å². The predicted octanol–water partition coefficient (Wildman–Crippen LogP) is 2.71. The molecule has 0 radical (unpaired) electrons. The van der Waals surface area contributed by atoms with Gasteiger partial charge in [-0.3, -0.25) is 4.79 Å². The monoisotopic (exact) mass is 326 g/mol. The number of ether oxygens (including phenoxy) is 1. The predicted molar refractivity (Wildman–Crippen MR) is 95.4 cm³/mol. The van der Waals surface area contributed by atoms with Crippen LogP contribution in [-0.2, 0) is 4.79 Å². The maximum absolute atomic E-state index is 12.0. The lowest BCUT2D eigenvalue weighted by atomic mass is 9.92. The minimum absolute atomic E-state index is 0.107. The minimum Gasteiger partial charge on any atom is -0.483 e. The largest absolute Gasteiger partial charge is 0.483 e. The van der Waals surface area contributed by atoms with Crippen LogP contribution in [0.5, 0.6) is 5.75 Å². The highest BCUT2D eigenvalue weighted by Crippen LogP contribution is 2.41. The van der Waals surface area contributed by atoms with Crippen LogP contribution in [0.2, 0.25) is 0 Å². The van der Waals surface area contributed by atoms with Crippen molar-refractivity contribution in [1.29, 1.82) is 0 Å². The van der Waals surface area contributed by atoms with Crippen LogP contribution < -0.4 is 20.4 Å². The van der Waals surface area contributed by atoms with Crippen LogP contribution in [0.25, 0.3) is 5.57 Å². The number of rotatable bonds is 3. The number of nitrogens with one attached hydrogen (secondary N) is 2. The molecule has 3 aliphatic rings. The van der Waals surface area contributed by atoms with E-state index < -0.39 is 0 Å². The number of amides is 1. The molecule has 0 spiro atoms. The molecule has 2 aliphatic heterocycles. The first kappa shape index (κ1) is 15.1. The molecule has 1 aromatic rings. The first-order valence-corrected chi connectivity index (χ1v) is 8.43. The summed E-state index contributed by atoms with van der Waals surface area (Å²) in [5, 5.41) is 7.75. The fourth-order valence-electron chi connectivity index (χ4n) is 3.32. The van der Waals surface area contributed by atoms with Crippen LogP contribution >= 0.6 is 0 Å². The van der Waals surface area contributed by atoms with Gasteiger partial charge in [0.2, 0.25) is 0 Å². The smallest absolute Gasteiger partial charge is 0.262 e. The van der Waals surface area contributed by atoms with Crippen molar-refractivity contribution >= 4 is 28.7 Å². The van der Waals surface area contributed by atoms with Crippen LogP contribution in [0.1, 0.15) is 38.7 Å². The van der Waals surface area contributed by atoms with Gasteiger partial charge in [0.15, 0.2) is 5.84 Å². The van der Waals surface area contributed by atoms with Gasteiger partial charge in [-0.1, -0.05) is 6.58 Å². The van der Waals surface area contributed by atoms with Crippen LogP contribution in [0, 0.1) is 0 Å². The van der Waals surface area contributed by atoms with Gasteiger partial charge in [-0.2, -0.15) is 5.10 Å². The van der Waals surface area contributed by atoms with E-state index in [1.165, 1.54) is 19.3 Å². The van der Waals surface area contributed by atoms with E-state index in [1.807, 2.05) is 24.8 Å². The van der Waals surface area contributed by atoms with E-state index in [-0.39, 0.29) is 11.9 Å². The molecular weight excluding hydrogens is 304 g/mol. The van der Waals surface area contributed by atoms with Crippen molar-refractivity contribution in [3.8, 4) is 5.75 Å². The van der Waals surface area contributed by atoms with E-state index in [9.17, 15) is 4.79 Å². The average molecular weight is 326 g/mol. The molecule has 2 N–H and O–H groups in total. The van der Waals surface area contributed by atoms with Crippen LogP contribution in [0.3, 0.4) is 0 Å². The van der Waals surface area contributed by atoms with Gasteiger partial charge < -0.3 is 15.0 Å². The van der Waals surface area contributed by atoms with Crippen LogP contribution in [0.15, 0.2) is 23.8 Å². The Balaban J connectivity index is 1.79. The van der Waals surface area contributed by atoms with Crippen molar-refractivity contribution in [2.24, 2.45) is 5.10 Å². The molecule has 24 heavy (non-hydrogen) atoms. The highest BCUT2D eigenvalue weighted by atomic mass is 16.5. The number of nitrogens with zero attached hydrogens (tertiary/aromatic N) is 2. The average Bonchev–Trinajstić information content (AvgIpc) is 2.53. The van der Waals surface area contributed by atoms with Crippen LogP contribution in [0.4, 0.5) is 11.4 Å². The molecule has 126 valence electrons.